The minimum Gasteiger partial charge on any atom is -0.497 e. The molecule has 1 aromatic carbocycles. The molecule has 0 aliphatic carbocycles. The number of carboxylic acids is 1. The maximum absolute atomic E-state index is 12.5. The minimum absolute atomic E-state index is 0.00164. The Balaban J connectivity index is 2.43. The fraction of sp³-hybridized carbons (Fsp3) is 0.250. The molecule has 1 aliphatic rings. The summed E-state index contributed by atoms with van der Waals surface area (Å²) in [6, 6.07) is 2.91. The molecule has 0 spiro atoms. The van der Waals surface area contributed by atoms with Crippen molar-refractivity contribution in [3.8, 4) is 5.75 Å². The van der Waals surface area contributed by atoms with Crippen LogP contribution in [-0.4, -0.2) is 43.5 Å². The third-order valence-corrected chi connectivity index (χ3v) is 5.22. The molecule has 108 valence electrons. The fourth-order valence-corrected chi connectivity index (χ4v) is 3.90. The highest BCUT2D eigenvalue weighted by Crippen LogP contribution is 2.30. The monoisotopic (exact) mass is 317 g/mol. The first kappa shape index (κ1) is 14.8. The Morgan fingerprint density at radius 3 is 2.75 bits per heavy atom. The Kier molecular flexibility index (Phi) is 4.03. The lowest BCUT2D eigenvalue weighted by atomic mass is 10.3. The summed E-state index contributed by atoms with van der Waals surface area (Å²) in [6.45, 7) is 0.00164. The van der Waals surface area contributed by atoms with Crippen LogP contribution >= 0.6 is 11.6 Å². The first-order valence-corrected chi connectivity index (χ1v) is 7.44. The van der Waals surface area contributed by atoms with Gasteiger partial charge in [0.25, 0.3) is 0 Å². The number of rotatable bonds is 4. The zero-order valence-electron chi connectivity index (χ0n) is 10.5. The van der Waals surface area contributed by atoms with Crippen molar-refractivity contribution in [1.82, 2.24) is 4.31 Å². The number of aliphatic carboxylic acids is 1. The van der Waals surface area contributed by atoms with Gasteiger partial charge in [-0.2, -0.15) is 4.31 Å². The van der Waals surface area contributed by atoms with Gasteiger partial charge >= 0.3 is 5.97 Å². The van der Waals surface area contributed by atoms with Crippen molar-refractivity contribution < 1.29 is 23.1 Å². The van der Waals surface area contributed by atoms with Crippen LogP contribution in [0.4, 0.5) is 0 Å². The standard InChI is InChI=1S/C12H12ClNO5S/c1-19-8-4-5-11(9(13)7-8)20(17,18)14-6-2-3-10(14)12(15)16/h2-5,7,10H,6H2,1H3,(H,15,16). The molecular formula is C12H12ClNO5S. The van der Waals surface area contributed by atoms with E-state index in [1.807, 2.05) is 0 Å². The van der Waals surface area contributed by atoms with Gasteiger partial charge in [-0.3, -0.25) is 4.79 Å². The molecule has 0 aromatic heterocycles. The molecule has 0 amide bonds. The molecule has 0 bridgehead atoms. The first-order chi connectivity index (χ1) is 9.37. The molecule has 6 nitrogen and oxygen atoms in total. The van der Waals surface area contributed by atoms with E-state index in [2.05, 4.69) is 0 Å². The highest BCUT2D eigenvalue weighted by molar-refractivity contribution is 7.89. The van der Waals surface area contributed by atoms with Gasteiger partial charge in [0.2, 0.25) is 10.0 Å². The third-order valence-electron chi connectivity index (χ3n) is 2.89. The molecule has 8 heteroatoms. The SMILES string of the molecule is COc1ccc(S(=O)(=O)N2CC=CC2C(=O)O)c(Cl)c1. The molecule has 0 radical (unpaired) electrons. The summed E-state index contributed by atoms with van der Waals surface area (Å²) >= 11 is 5.94. The average Bonchev–Trinajstić information content (AvgIpc) is 2.88. The first-order valence-electron chi connectivity index (χ1n) is 5.63. The molecule has 1 aromatic rings. The Bertz CT molecular complexity index is 670. The van der Waals surface area contributed by atoms with Gasteiger partial charge in [-0.05, 0) is 12.1 Å². The van der Waals surface area contributed by atoms with Gasteiger partial charge in [-0.15, -0.1) is 0 Å². The summed E-state index contributed by atoms with van der Waals surface area (Å²) in [4.78, 5) is 10.9. The Morgan fingerprint density at radius 1 is 1.50 bits per heavy atom. The Hall–Kier alpha value is -1.57. The lowest BCUT2D eigenvalue weighted by Crippen LogP contribution is -2.40. The molecule has 1 atom stereocenters. The highest BCUT2D eigenvalue weighted by Gasteiger charge is 2.37. The topological polar surface area (TPSA) is 83.9 Å². The van der Waals surface area contributed by atoms with Crippen molar-refractivity contribution in [2.24, 2.45) is 0 Å². The molecule has 2 rings (SSSR count). The fourth-order valence-electron chi connectivity index (χ4n) is 1.90. The number of hydrogen-bond donors (Lipinski definition) is 1. The highest BCUT2D eigenvalue weighted by atomic mass is 35.5. The number of benzene rings is 1. The van der Waals surface area contributed by atoms with Crippen LogP contribution in [-0.2, 0) is 14.8 Å². The van der Waals surface area contributed by atoms with Gasteiger partial charge in [0.05, 0.1) is 12.1 Å². The molecule has 0 saturated heterocycles. The van der Waals surface area contributed by atoms with Crippen LogP contribution < -0.4 is 4.74 Å². The molecule has 1 N–H and O–H groups in total. The predicted molar refractivity (Wildman–Crippen MR) is 72.5 cm³/mol. The molecule has 0 fully saturated rings. The van der Waals surface area contributed by atoms with Crippen molar-refractivity contribution in [3.05, 3.63) is 35.4 Å². The number of sulfonamides is 1. The number of hydrogen-bond acceptors (Lipinski definition) is 4. The number of methoxy groups -OCH3 is 1. The van der Waals surface area contributed by atoms with Crippen LogP contribution in [0.5, 0.6) is 5.75 Å². The average molecular weight is 318 g/mol. The second-order valence-electron chi connectivity index (χ2n) is 4.08. The van der Waals surface area contributed by atoms with E-state index in [0.29, 0.717) is 5.75 Å². The Labute approximate surface area is 121 Å². The van der Waals surface area contributed by atoms with Crippen LogP contribution in [0.2, 0.25) is 5.02 Å². The third kappa shape index (κ3) is 2.52. The van der Waals surface area contributed by atoms with Crippen molar-refractivity contribution >= 4 is 27.6 Å². The van der Waals surface area contributed by atoms with E-state index in [0.717, 1.165) is 4.31 Å². The van der Waals surface area contributed by atoms with Crippen LogP contribution in [0.3, 0.4) is 0 Å². The maximum atomic E-state index is 12.5. The minimum atomic E-state index is -3.99. The molecule has 1 aliphatic heterocycles. The van der Waals surface area contributed by atoms with Crippen molar-refractivity contribution in [3.63, 3.8) is 0 Å². The summed E-state index contributed by atoms with van der Waals surface area (Å²) < 4.78 is 30.8. The second-order valence-corrected chi connectivity index (χ2v) is 6.35. The molecule has 20 heavy (non-hydrogen) atoms. The van der Waals surface area contributed by atoms with Gasteiger partial charge in [-0.25, -0.2) is 8.42 Å². The van der Waals surface area contributed by atoms with E-state index < -0.39 is 22.0 Å². The normalized spacial score (nSPS) is 19.2. The lowest BCUT2D eigenvalue weighted by Gasteiger charge is -2.21. The van der Waals surface area contributed by atoms with Crippen molar-refractivity contribution in [1.29, 1.82) is 0 Å². The number of carboxylic acid groups (broad SMARTS) is 1. The van der Waals surface area contributed by atoms with Gasteiger partial charge in [0.1, 0.15) is 16.7 Å². The van der Waals surface area contributed by atoms with Crippen molar-refractivity contribution in [2.45, 2.75) is 10.9 Å². The summed E-state index contributed by atoms with van der Waals surface area (Å²) in [5, 5.41) is 9.02. The van der Waals surface area contributed by atoms with E-state index in [9.17, 15) is 13.2 Å². The van der Waals surface area contributed by atoms with E-state index in [-0.39, 0.29) is 16.5 Å². The van der Waals surface area contributed by atoms with Crippen LogP contribution in [0.1, 0.15) is 0 Å². The van der Waals surface area contributed by atoms with Crippen LogP contribution in [0.25, 0.3) is 0 Å². The van der Waals surface area contributed by atoms with E-state index in [1.54, 1.807) is 0 Å². The zero-order valence-corrected chi connectivity index (χ0v) is 12.1. The number of halogens is 1. The lowest BCUT2D eigenvalue weighted by molar-refractivity contribution is -0.139. The number of carbonyl (C=O) groups is 1. The smallest absolute Gasteiger partial charge is 0.326 e. The van der Waals surface area contributed by atoms with Gasteiger partial charge in [0.15, 0.2) is 0 Å². The summed E-state index contributed by atoms with van der Waals surface area (Å²) in [7, 11) is -2.55. The van der Waals surface area contributed by atoms with Gasteiger partial charge in [-0.1, -0.05) is 23.8 Å². The summed E-state index contributed by atoms with van der Waals surface area (Å²) in [5.41, 5.74) is 0. The van der Waals surface area contributed by atoms with Crippen LogP contribution in [0.15, 0.2) is 35.2 Å². The van der Waals surface area contributed by atoms with E-state index in [1.165, 1.54) is 37.5 Å². The van der Waals surface area contributed by atoms with Gasteiger partial charge < -0.3 is 9.84 Å². The van der Waals surface area contributed by atoms with E-state index >= 15 is 0 Å². The molecule has 0 saturated carbocycles. The van der Waals surface area contributed by atoms with Crippen molar-refractivity contribution in [2.75, 3.05) is 13.7 Å². The molecule has 1 heterocycles. The zero-order chi connectivity index (χ0) is 14.9. The number of nitrogens with zero attached hydrogens (tertiary/aromatic N) is 1. The van der Waals surface area contributed by atoms with E-state index in [4.69, 9.17) is 21.4 Å². The Morgan fingerprint density at radius 2 is 2.20 bits per heavy atom. The molecular weight excluding hydrogens is 306 g/mol. The predicted octanol–water partition coefficient (Wildman–Crippen LogP) is 1.36. The number of ether oxygens (including phenoxy) is 1. The largest absolute Gasteiger partial charge is 0.497 e. The molecule has 1 unspecified atom stereocenters. The van der Waals surface area contributed by atoms with Gasteiger partial charge in [0, 0.05) is 12.6 Å². The summed E-state index contributed by atoms with van der Waals surface area (Å²) in [6.07, 6.45) is 2.82. The maximum Gasteiger partial charge on any atom is 0.326 e. The second kappa shape index (κ2) is 5.43. The quantitative estimate of drug-likeness (QED) is 0.848. The summed E-state index contributed by atoms with van der Waals surface area (Å²) in [5.74, 6) is -0.810. The van der Waals surface area contributed by atoms with Crippen LogP contribution in [0, 0.1) is 0 Å².